The molecule has 1 aliphatic heterocycles. The highest BCUT2D eigenvalue weighted by Crippen LogP contribution is 2.30. The number of hydrogen-bond donors (Lipinski definition) is 1. The van der Waals surface area contributed by atoms with Gasteiger partial charge in [0.15, 0.2) is 0 Å². The first-order valence-electron chi connectivity index (χ1n) is 10.3. The molecule has 4 aromatic rings. The molecule has 3 heterocycles. The summed E-state index contributed by atoms with van der Waals surface area (Å²) in [5.74, 6) is 0.331. The monoisotopic (exact) mass is 434 g/mol. The molecule has 1 N–H and O–H groups in total. The van der Waals surface area contributed by atoms with Gasteiger partial charge in [-0.15, -0.1) is 0 Å². The molecule has 2 aromatic carbocycles. The molecule has 0 bridgehead atoms. The molecular weight excluding hydrogens is 412 g/mol. The Kier molecular flexibility index (Phi) is 5.04. The van der Waals surface area contributed by atoms with Crippen molar-refractivity contribution < 1.29 is 5.11 Å². The zero-order chi connectivity index (χ0) is 21.5. The van der Waals surface area contributed by atoms with Gasteiger partial charge in [0.1, 0.15) is 16.4 Å². The minimum absolute atomic E-state index is 0.0604. The number of anilines is 1. The van der Waals surface area contributed by atoms with Crippen LogP contribution in [-0.4, -0.2) is 45.7 Å². The van der Waals surface area contributed by atoms with Crippen molar-refractivity contribution >= 4 is 39.1 Å². The Morgan fingerprint density at radius 1 is 1.03 bits per heavy atom. The van der Waals surface area contributed by atoms with Crippen LogP contribution >= 0.6 is 11.6 Å². The Morgan fingerprint density at radius 3 is 2.61 bits per heavy atom. The quantitative estimate of drug-likeness (QED) is 0.497. The minimum atomic E-state index is -0.0604. The normalized spacial score (nSPS) is 15.1. The molecular formula is C24H23ClN4O2. The summed E-state index contributed by atoms with van der Waals surface area (Å²) < 4.78 is 1.60. The number of fused-ring (bicyclic) bond motifs is 2. The highest BCUT2D eigenvalue weighted by atomic mass is 35.5. The van der Waals surface area contributed by atoms with Crippen LogP contribution in [-0.2, 0) is 13.6 Å². The van der Waals surface area contributed by atoms with Gasteiger partial charge in [-0.3, -0.25) is 9.69 Å². The molecule has 7 heteroatoms. The molecule has 6 nitrogen and oxygen atoms in total. The van der Waals surface area contributed by atoms with E-state index in [2.05, 4.69) is 26.9 Å². The van der Waals surface area contributed by atoms with Gasteiger partial charge < -0.3 is 14.6 Å². The first kappa shape index (κ1) is 19.8. The lowest BCUT2D eigenvalue weighted by Gasteiger charge is -2.36. The standard InChI is InChI=1S/C24H23ClN4O2/c1-27-19-7-9-22(25)26-24(19)20(14-23(27)31)29-12-10-28(11-13-29)15-18-17-5-3-2-4-16(17)6-8-21(18)30/h2-9,14,30H,10-13,15H2,1H3. The van der Waals surface area contributed by atoms with E-state index in [1.54, 1.807) is 29.8 Å². The van der Waals surface area contributed by atoms with Gasteiger partial charge in [0.25, 0.3) is 5.56 Å². The predicted molar refractivity (Wildman–Crippen MR) is 125 cm³/mol. The number of rotatable bonds is 3. The van der Waals surface area contributed by atoms with Gasteiger partial charge in [-0.05, 0) is 29.0 Å². The number of piperazine rings is 1. The predicted octanol–water partition coefficient (Wildman–Crippen LogP) is 3.77. The topological polar surface area (TPSA) is 61.6 Å². The Balaban J connectivity index is 1.40. The molecule has 1 aliphatic rings. The van der Waals surface area contributed by atoms with Crippen LogP contribution in [0.15, 0.2) is 59.4 Å². The van der Waals surface area contributed by atoms with Crippen LogP contribution in [0.25, 0.3) is 21.8 Å². The van der Waals surface area contributed by atoms with E-state index >= 15 is 0 Å². The number of aryl methyl sites for hydroxylation is 1. The van der Waals surface area contributed by atoms with E-state index in [9.17, 15) is 9.90 Å². The van der Waals surface area contributed by atoms with Gasteiger partial charge in [0, 0.05) is 51.4 Å². The van der Waals surface area contributed by atoms with Crippen LogP contribution in [0, 0.1) is 0 Å². The van der Waals surface area contributed by atoms with E-state index in [1.165, 1.54) is 0 Å². The average molecular weight is 435 g/mol. The highest BCUT2D eigenvalue weighted by Gasteiger charge is 2.22. The largest absolute Gasteiger partial charge is 0.508 e. The van der Waals surface area contributed by atoms with E-state index in [1.807, 2.05) is 24.3 Å². The fourth-order valence-corrected chi connectivity index (χ4v) is 4.54. The molecule has 2 aromatic heterocycles. The number of hydrogen-bond acceptors (Lipinski definition) is 5. The molecule has 0 saturated carbocycles. The van der Waals surface area contributed by atoms with Gasteiger partial charge >= 0.3 is 0 Å². The maximum absolute atomic E-state index is 12.5. The van der Waals surface area contributed by atoms with Crippen molar-refractivity contribution in [3.05, 3.63) is 75.7 Å². The number of phenols is 1. The Bertz CT molecular complexity index is 1340. The van der Waals surface area contributed by atoms with E-state index in [0.717, 1.165) is 59.2 Å². The van der Waals surface area contributed by atoms with Crippen LogP contribution in [0.5, 0.6) is 5.75 Å². The van der Waals surface area contributed by atoms with Crippen molar-refractivity contribution in [2.24, 2.45) is 7.05 Å². The van der Waals surface area contributed by atoms with E-state index in [0.29, 0.717) is 17.4 Å². The number of phenolic OH excluding ortho intramolecular Hbond substituents is 1. The second kappa shape index (κ2) is 7.87. The third kappa shape index (κ3) is 3.62. The number of aromatic hydroxyl groups is 1. The number of pyridine rings is 2. The molecule has 0 atom stereocenters. The summed E-state index contributed by atoms with van der Waals surface area (Å²) in [6, 6.07) is 17.1. The molecule has 0 aliphatic carbocycles. The lowest BCUT2D eigenvalue weighted by atomic mass is 10.0. The minimum Gasteiger partial charge on any atom is -0.508 e. The average Bonchev–Trinajstić information content (AvgIpc) is 2.79. The molecule has 0 unspecified atom stereocenters. The van der Waals surface area contributed by atoms with E-state index in [4.69, 9.17) is 11.6 Å². The van der Waals surface area contributed by atoms with Crippen molar-refractivity contribution in [1.29, 1.82) is 0 Å². The number of nitrogens with zero attached hydrogens (tertiary/aromatic N) is 4. The molecule has 0 radical (unpaired) electrons. The van der Waals surface area contributed by atoms with Crippen LogP contribution in [0.2, 0.25) is 5.15 Å². The van der Waals surface area contributed by atoms with Gasteiger partial charge in [-0.1, -0.05) is 41.9 Å². The molecule has 0 spiro atoms. The van der Waals surface area contributed by atoms with Gasteiger partial charge in [-0.25, -0.2) is 4.98 Å². The van der Waals surface area contributed by atoms with Crippen molar-refractivity contribution in [3.8, 4) is 5.75 Å². The summed E-state index contributed by atoms with van der Waals surface area (Å²) >= 11 is 6.15. The van der Waals surface area contributed by atoms with Gasteiger partial charge in [0.2, 0.25) is 0 Å². The Labute approximate surface area is 184 Å². The Hall–Kier alpha value is -3.09. The molecule has 1 saturated heterocycles. The zero-order valence-electron chi connectivity index (χ0n) is 17.3. The van der Waals surface area contributed by atoms with Crippen molar-refractivity contribution in [1.82, 2.24) is 14.5 Å². The second-order valence-electron chi connectivity index (χ2n) is 7.98. The Morgan fingerprint density at radius 2 is 1.81 bits per heavy atom. The van der Waals surface area contributed by atoms with Crippen molar-refractivity contribution in [3.63, 3.8) is 0 Å². The van der Waals surface area contributed by atoms with E-state index in [-0.39, 0.29) is 5.56 Å². The number of aromatic nitrogens is 2. The first-order chi connectivity index (χ1) is 15.0. The summed E-state index contributed by atoms with van der Waals surface area (Å²) in [6.45, 7) is 3.85. The summed E-state index contributed by atoms with van der Waals surface area (Å²) in [5.41, 5.74) is 3.24. The second-order valence-corrected chi connectivity index (χ2v) is 8.36. The van der Waals surface area contributed by atoms with Crippen molar-refractivity contribution in [2.75, 3.05) is 31.1 Å². The number of halogens is 1. The molecule has 0 amide bonds. The van der Waals surface area contributed by atoms with Crippen LogP contribution in [0.3, 0.4) is 0 Å². The molecule has 158 valence electrons. The van der Waals surface area contributed by atoms with Crippen LogP contribution in [0.4, 0.5) is 5.69 Å². The third-order valence-corrected chi connectivity index (χ3v) is 6.36. The first-order valence-corrected chi connectivity index (χ1v) is 10.7. The lowest BCUT2D eigenvalue weighted by molar-refractivity contribution is 0.248. The molecule has 1 fully saturated rings. The molecule has 31 heavy (non-hydrogen) atoms. The van der Waals surface area contributed by atoms with E-state index < -0.39 is 0 Å². The van der Waals surface area contributed by atoms with Crippen LogP contribution in [0.1, 0.15) is 5.56 Å². The highest BCUT2D eigenvalue weighted by molar-refractivity contribution is 6.29. The maximum atomic E-state index is 12.5. The summed E-state index contributed by atoms with van der Waals surface area (Å²) in [4.78, 5) is 21.5. The van der Waals surface area contributed by atoms with Gasteiger partial charge in [-0.2, -0.15) is 0 Å². The SMILES string of the molecule is Cn1c(=O)cc(N2CCN(Cc3c(O)ccc4ccccc34)CC2)c2nc(Cl)ccc21. The summed E-state index contributed by atoms with van der Waals surface area (Å²) in [6.07, 6.45) is 0. The van der Waals surface area contributed by atoms with Crippen molar-refractivity contribution in [2.45, 2.75) is 6.54 Å². The van der Waals surface area contributed by atoms with Gasteiger partial charge in [0.05, 0.1) is 11.2 Å². The fraction of sp³-hybridized carbons (Fsp3) is 0.250. The van der Waals surface area contributed by atoms with Crippen LogP contribution < -0.4 is 10.5 Å². The fourth-order valence-electron chi connectivity index (χ4n) is 4.39. The number of benzene rings is 2. The zero-order valence-corrected chi connectivity index (χ0v) is 18.0. The lowest BCUT2D eigenvalue weighted by Crippen LogP contribution is -2.46. The smallest absolute Gasteiger partial charge is 0.252 e. The summed E-state index contributed by atoms with van der Waals surface area (Å²) in [5, 5.41) is 13.1. The maximum Gasteiger partial charge on any atom is 0.252 e. The third-order valence-electron chi connectivity index (χ3n) is 6.15. The summed E-state index contributed by atoms with van der Waals surface area (Å²) in [7, 11) is 1.75. The molecule has 5 rings (SSSR count).